The molecule has 1 amide bonds. The number of carbonyl (C=O) groups excluding carboxylic acids is 1. The molecular formula is C13H17NO4. The van der Waals surface area contributed by atoms with Crippen molar-refractivity contribution in [2.75, 3.05) is 6.54 Å². The second kappa shape index (κ2) is 4.48. The van der Waals surface area contributed by atoms with Gasteiger partial charge in [-0.1, -0.05) is 6.92 Å². The minimum atomic E-state index is -0.939. The maximum atomic E-state index is 12.3. The second-order valence-corrected chi connectivity index (χ2v) is 4.87. The van der Waals surface area contributed by atoms with Crippen LogP contribution < -0.4 is 0 Å². The SMILES string of the molecule is Cc1cc(C(=O)N2CCC(C)C2C(=O)O)c(C)o1. The van der Waals surface area contributed by atoms with E-state index in [4.69, 9.17) is 4.42 Å². The summed E-state index contributed by atoms with van der Waals surface area (Å²) in [5, 5.41) is 9.21. The molecule has 2 rings (SSSR count). The first-order chi connectivity index (χ1) is 8.41. The van der Waals surface area contributed by atoms with Gasteiger partial charge in [-0.05, 0) is 32.3 Å². The molecule has 5 heteroatoms. The van der Waals surface area contributed by atoms with Gasteiger partial charge in [-0.2, -0.15) is 0 Å². The molecule has 1 aliphatic rings. The molecule has 0 aromatic carbocycles. The molecule has 0 bridgehead atoms. The highest BCUT2D eigenvalue weighted by Gasteiger charge is 2.40. The summed E-state index contributed by atoms with van der Waals surface area (Å²) in [7, 11) is 0. The lowest BCUT2D eigenvalue weighted by atomic mass is 10.0. The summed E-state index contributed by atoms with van der Waals surface area (Å²) in [4.78, 5) is 25.0. The Morgan fingerprint density at radius 3 is 2.61 bits per heavy atom. The average molecular weight is 251 g/mol. The molecule has 1 aromatic heterocycles. The lowest BCUT2D eigenvalue weighted by molar-refractivity contribution is -0.142. The number of aryl methyl sites for hydroxylation is 2. The van der Waals surface area contributed by atoms with Gasteiger partial charge >= 0.3 is 5.97 Å². The van der Waals surface area contributed by atoms with E-state index in [1.807, 2.05) is 6.92 Å². The van der Waals surface area contributed by atoms with Gasteiger partial charge in [0.1, 0.15) is 17.6 Å². The van der Waals surface area contributed by atoms with Crippen molar-refractivity contribution in [2.24, 2.45) is 5.92 Å². The van der Waals surface area contributed by atoms with E-state index in [9.17, 15) is 14.7 Å². The Labute approximate surface area is 105 Å². The molecule has 0 spiro atoms. The summed E-state index contributed by atoms with van der Waals surface area (Å²) >= 11 is 0. The molecule has 5 nitrogen and oxygen atoms in total. The summed E-state index contributed by atoms with van der Waals surface area (Å²) in [6.07, 6.45) is 0.721. The molecule has 1 aliphatic heterocycles. The number of hydrogen-bond donors (Lipinski definition) is 1. The number of carboxylic acids is 1. The Morgan fingerprint density at radius 2 is 2.11 bits per heavy atom. The Morgan fingerprint density at radius 1 is 1.44 bits per heavy atom. The van der Waals surface area contributed by atoms with Crippen LogP contribution in [0.2, 0.25) is 0 Å². The van der Waals surface area contributed by atoms with Crippen LogP contribution in [0.15, 0.2) is 10.5 Å². The highest BCUT2D eigenvalue weighted by atomic mass is 16.4. The molecule has 1 saturated heterocycles. The summed E-state index contributed by atoms with van der Waals surface area (Å²) in [6.45, 7) is 5.83. The summed E-state index contributed by atoms with van der Waals surface area (Å²) in [6, 6.07) is 0.937. The van der Waals surface area contributed by atoms with Gasteiger partial charge in [0.25, 0.3) is 5.91 Å². The molecule has 2 heterocycles. The first kappa shape index (κ1) is 12.7. The Bertz CT molecular complexity index is 491. The minimum absolute atomic E-state index is 0.0141. The van der Waals surface area contributed by atoms with Gasteiger partial charge in [0.2, 0.25) is 0 Å². The third kappa shape index (κ3) is 2.00. The minimum Gasteiger partial charge on any atom is -0.480 e. The van der Waals surface area contributed by atoms with E-state index in [0.717, 1.165) is 6.42 Å². The van der Waals surface area contributed by atoms with Gasteiger partial charge in [0.05, 0.1) is 5.56 Å². The van der Waals surface area contributed by atoms with Gasteiger partial charge in [0.15, 0.2) is 0 Å². The van der Waals surface area contributed by atoms with Gasteiger partial charge in [0, 0.05) is 6.54 Å². The van der Waals surface area contributed by atoms with Crippen molar-refractivity contribution in [3.8, 4) is 0 Å². The topological polar surface area (TPSA) is 70.8 Å². The van der Waals surface area contributed by atoms with Gasteiger partial charge in [-0.15, -0.1) is 0 Å². The van der Waals surface area contributed by atoms with E-state index in [-0.39, 0.29) is 11.8 Å². The van der Waals surface area contributed by atoms with E-state index >= 15 is 0 Å². The fourth-order valence-corrected chi connectivity index (χ4v) is 2.55. The maximum absolute atomic E-state index is 12.3. The van der Waals surface area contributed by atoms with Crippen LogP contribution in [0.3, 0.4) is 0 Å². The highest BCUT2D eigenvalue weighted by Crippen LogP contribution is 2.27. The summed E-state index contributed by atoms with van der Waals surface area (Å²) in [5.74, 6) is 0.00300. The fraction of sp³-hybridized carbons (Fsp3) is 0.538. The van der Waals surface area contributed by atoms with Crippen LogP contribution in [0, 0.1) is 19.8 Å². The number of carbonyl (C=O) groups is 2. The smallest absolute Gasteiger partial charge is 0.326 e. The van der Waals surface area contributed by atoms with Crippen LogP contribution >= 0.6 is 0 Å². The van der Waals surface area contributed by atoms with Gasteiger partial charge in [-0.3, -0.25) is 4.79 Å². The standard InChI is InChI=1S/C13H17NO4/c1-7-4-5-14(11(7)13(16)17)12(15)10-6-8(2)18-9(10)3/h6-7,11H,4-5H2,1-3H3,(H,16,17). The second-order valence-electron chi connectivity index (χ2n) is 4.87. The van der Waals surface area contributed by atoms with E-state index < -0.39 is 12.0 Å². The fourth-order valence-electron chi connectivity index (χ4n) is 2.55. The molecule has 1 aromatic rings. The first-order valence-electron chi connectivity index (χ1n) is 6.02. The van der Waals surface area contributed by atoms with Crippen molar-refractivity contribution in [3.63, 3.8) is 0 Å². The van der Waals surface area contributed by atoms with E-state index in [0.29, 0.717) is 23.6 Å². The molecule has 2 atom stereocenters. The van der Waals surface area contributed by atoms with Gasteiger partial charge in [-0.25, -0.2) is 4.79 Å². The van der Waals surface area contributed by atoms with Crippen molar-refractivity contribution in [1.29, 1.82) is 0 Å². The number of amides is 1. The lowest BCUT2D eigenvalue weighted by Gasteiger charge is -2.23. The Kier molecular flexibility index (Phi) is 3.15. The molecule has 1 fully saturated rings. The maximum Gasteiger partial charge on any atom is 0.326 e. The van der Waals surface area contributed by atoms with Crippen molar-refractivity contribution in [3.05, 3.63) is 23.2 Å². The van der Waals surface area contributed by atoms with E-state index in [2.05, 4.69) is 0 Å². The quantitative estimate of drug-likeness (QED) is 0.870. The molecular weight excluding hydrogens is 234 g/mol. The van der Waals surface area contributed by atoms with Crippen molar-refractivity contribution in [1.82, 2.24) is 4.90 Å². The zero-order chi connectivity index (χ0) is 13.4. The van der Waals surface area contributed by atoms with Crippen molar-refractivity contribution in [2.45, 2.75) is 33.2 Å². The first-order valence-corrected chi connectivity index (χ1v) is 6.02. The zero-order valence-corrected chi connectivity index (χ0v) is 10.8. The van der Waals surface area contributed by atoms with Crippen molar-refractivity contribution >= 4 is 11.9 Å². The monoisotopic (exact) mass is 251 g/mol. The predicted octanol–water partition coefficient (Wildman–Crippen LogP) is 1.83. The van der Waals surface area contributed by atoms with Crippen LogP contribution in [-0.4, -0.2) is 34.5 Å². The van der Waals surface area contributed by atoms with Crippen LogP contribution in [0.5, 0.6) is 0 Å². The molecule has 98 valence electrons. The summed E-state index contributed by atoms with van der Waals surface area (Å²) in [5.41, 5.74) is 0.466. The molecule has 1 N–H and O–H groups in total. The largest absolute Gasteiger partial charge is 0.480 e. The predicted molar refractivity (Wildman–Crippen MR) is 64.4 cm³/mol. The zero-order valence-electron chi connectivity index (χ0n) is 10.8. The number of nitrogens with zero attached hydrogens (tertiary/aromatic N) is 1. The number of rotatable bonds is 2. The van der Waals surface area contributed by atoms with Gasteiger partial charge < -0.3 is 14.4 Å². The molecule has 2 unspecified atom stereocenters. The number of hydrogen-bond acceptors (Lipinski definition) is 3. The normalized spacial score (nSPS) is 23.4. The number of carboxylic acid groups (broad SMARTS) is 1. The van der Waals surface area contributed by atoms with Crippen molar-refractivity contribution < 1.29 is 19.1 Å². The average Bonchev–Trinajstić information content (AvgIpc) is 2.80. The lowest BCUT2D eigenvalue weighted by Crippen LogP contribution is -2.42. The number of likely N-dealkylation sites (tertiary alicyclic amines) is 1. The van der Waals surface area contributed by atoms with Crippen LogP contribution in [0.25, 0.3) is 0 Å². The molecule has 0 aliphatic carbocycles. The van der Waals surface area contributed by atoms with Crippen LogP contribution in [0.1, 0.15) is 35.2 Å². The summed E-state index contributed by atoms with van der Waals surface area (Å²) < 4.78 is 5.32. The van der Waals surface area contributed by atoms with E-state index in [1.54, 1.807) is 19.9 Å². The molecule has 0 radical (unpaired) electrons. The molecule has 18 heavy (non-hydrogen) atoms. The third-order valence-corrected chi connectivity index (χ3v) is 3.49. The number of furan rings is 1. The van der Waals surface area contributed by atoms with E-state index in [1.165, 1.54) is 4.90 Å². The Balaban J connectivity index is 2.29. The Hall–Kier alpha value is -1.78. The number of aliphatic carboxylic acids is 1. The highest BCUT2D eigenvalue weighted by molar-refractivity contribution is 5.98. The molecule has 0 saturated carbocycles. The third-order valence-electron chi connectivity index (χ3n) is 3.49. The van der Waals surface area contributed by atoms with Crippen LogP contribution in [0.4, 0.5) is 0 Å². The van der Waals surface area contributed by atoms with Crippen LogP contribution in [-0.2, 0) is 4.79 Å².